The highest BCUT2D eigenvalue weighted by atomic mass is 32.2. The first-order valence-corrected chi connectivity index (χ1v) is 9.95. The Kier molecular flexibility index (Phi) is 5.64. The molecule has 0 radical (unpaired) electrons. The number of para-hydroxylation sites is 1. The molecule has 2 N–H and O–H groups in total. The highest BCUT2D eigenvalue weighted by molar-refractivity contribution is 8.18. The lowest BCUT2D eigenvalue weighted by Crippen LogP contribution is -2.40. The molecular weight excluding hydrogens is 390 g/mol. The van der Waals surface area contributed by atoms with Crippen LogP contribution >= 0.6 is 11.8 Å². The lowest BCUT2D eigenvalue weighted by molar-refractivity contribution is -0.115. The van der Waals surface area contributed by atoms with Gasteiger partial charge in [0.05, 0.1) is 17.6 Å². The van der Waals surface area contributed by atoms with Crippen molar-refractivity contribution < 1.29 is 19.1 Å². The molecule has 0 spiro atoms. The van der Waals surface area contributed by atoms with Crippen molar-refractivity contribution in [2.45, 2.75) is 6.04 Å². The summed E-state index contributed by atoms with van der Waals surface area (Å²) >= 11 is 0.890. The highest BCUT2D eigenvalue weighted by Gasteiger charge is 2.26. The summed E-state index contributed by atoms with van der Waals surface area (Å²) in [6, 6.07) is 14.8. The smallest absolute Gasteiger partial charge is 0.290 e. The maximum absolute atomic E-state index is 11.6. The summed E-state index contributed by atoms with van der Waals surface area (Å²) < 4.78 is 5.81. The van der Waals surface area contributed by atoms with E-state index in [2.05, 4.69) is 10.6 Å². The van der Waals surface area contributed by atoms with Gasteiger partial charge in [-0.15, -0.1) is 0 Å². The Labute approximate surface area is 172 Å². The Balaban J connectivity index is 1.33. The Morgan fingerprint density at radius 3 is 2.66 bits per heavy atom. The van der Waals surface area contributed by atoms with Gasteiger partial charge in [-0.1, -0.05) is 30.3 Å². The number of carbonyl (C=O) groups is 3. The van der Waals surface area contributed by atoms with Crippen LogP contribution in [0.4, 0.5) is 10.5 Å². The minimum absolute atomic E-state index is 0.289. The highest BCUT2D eigenvalue weighted by Crippen LogP contribution is 2.30. The molecule has 2 aliphatic rings. The molecule has 0 bridgehead atoms. The predicted molar refractivity (Wildman–Crippen MR) is 111 cm³/mol. The van der Waals surface area contributed by atoms with Gasteiger partial charge in [0.1, 0.15) is 18.6 Å². The fourth-order valence-corrected chi connectivity index (χ4v) is 3.97. The molecule has 1 unspecified atom stereocenters. The number of carbonyl (C=O) groups excluding carboxylic acids is 3. The number of hydrogen-bond donors (Lipinski definition) is 2. The summed E-state index contributed by atoms with van der Waals surface area (Å²) in [4.78, 5) is 36.8. The first-order chi connectivity index (χ1) is 14.1. The van der Waals surface area contributed by atoms with E-state index in [9.17, 15) is 14.4 Å². The fraction of sp³-hybridized carbons (Fsp3) is 0.190. The van der Waals surface area contributed by atoms with Crippen LogP contribution in [-0.2, 0) is 9.59 Å². The molecular formula is C21H19N3O4S. The summed E-state index contributed by atoms with van der Waals surface area (Å²) in [7, 11) is 0. The van der Waals surface area contributed by atoms with Crippen LogP contribution in [0.2, 0.25) is 0 Å². The van der Waals surface area contributed by atoms with Gasteiger partial charge in [0, 0.05) is 12.2 Å². The number of thioether (sulfide) groups is 1. The van der Waals surface area contributed by atoms with E-state index in [1.165, 1.54) is 0 Å². The van der Waals surface area contributed by atoms with Crippen molar-refractivity contribution in [3.63, 3.8) is 0 Å². The van der Waals surface area contributed by atoms with Crippen molar-refractivity contribution in [3.8, 4) is 5.75 Å². The lowest BCUT2D eigenvalue weighted by atomic mass is 10.0. The minimum Gasteiger partial charge on any atom is -0.492 e. The van der Waals surface area contributed by atoms with E-state index < -0.39 is 0 Å². The third-order valence-electron chi connectivity index (χ3n) is 4.74. The van der Waals surface area contributed by atoms with Gasteiger partial charge in [-0.2, -0.15) is 0 Å². The number of amides is 2. The molecule has 2 amide bonds. The molecule has 2 aliphatic heterocycles. The zero-order valence-electron chi connectivity index (χ0n) is 15.5. The van der Waals surface area contributed by atoms with Crippen LogP contribution in [0.25, 0.3) is 6.08 Å². The second kappa shape index (κ2) is 8.50. The molecule has 29 heavy (non-hydrogen) atoms. The zero-order valence-corrected chi connectivity index (χ0v) is 16.3. The van der Waals surface area contributed by atoms with Crippen LogP contribution in [0.5, 0.6) is 5.75 Å². The first-order valence-electron chi connectivity index (χ1n) is 9.14. The largest absolute Gasteiger partial charge is 0.492 e. The third-order valence-corrected chi connectivity index (χ3v) is 5.55. The number of rotatable bonds is 6. The quantitative estimate of drug-likeness (QED) is 0.560. The molecule has 1 atom stereocenters. The topological polar surface area (TPSA) is 87.7 Å². The normalized spacial score (nSPS) is 20.1. The Bertz CT molecular complexity index is 974. The monoisotopic (exact) mass is 409 g/mol. The van der Waals surface area contributed by atoms with Gasteiger partial charge in [0.2, 0.25) is 0 Å². The molecule has 1 fully saturated rings. The molecule has 4 rings (SSSR count). The van der Waals surface area contributed by atoms with Crippen molar-refractivity contribution in [1.29, 1.82) is 0 Å². The van der Waals surface area contributed by atoms with E-state index in [1.807, 2.05) is 53.4 Å². The average Bonchev–Trinajstić information content (AvgIpc) is 3.05. The van der Waals surface area contributed by atoms with E-state index in [-0.39, 0.29) is 17.2 Å². The minimum atomic E-state index is -0.373. The Morgan fingerprint density at radius 2 is 1.93 bits per heavy atom. The standard InChI is InChI=1S/C21H19N3O4S/c25-12-18-16-3-1-2-4-17(16)22-13-24(18)9-10-28-15-7-5-14(6-8-15)11-19-20(26)23-21(27)29-19/h1-8,11-12,18,22H,9-10,13H2,(H,23,26,27). The van der Waals surface area contributed by atoms with Crippen molar-refractivity contribution >= 4 is 41.0 Å². The van der Waals surface area contributed by atoms with Crippen LogP contribution in [0.15, 0.2) is 53.4 Å². The van der Waals surface area contributed by atoms with Crippen molar-refractivity contribution in [1.82, 2.24) is 10.2 Å². The number of nitrogens with one attached hydrogen (secondary N) is 2. The molecule has 0 aliphatic carbocycles. The van der Waals surface area contributed by atoms with Crippen molar-refractivity contribution in [3.05, 3.63) is 64.6 Å². The maximum Gasteiger partial charge on any atom is 0.290 e. The molecule has 2 heterocycles. The number of anilines is 1. The summed E-state index contributed by atoms with van der Waals surface area (Å²) in [5.74, 6) is 0.321. The number of nitrogens with zero attached hydrogens (tertiary/aromatic N) is 1. The summed E-state index contributed by atoms with van der Waals surface area (Å²) in [6.45, 7) is 1.60. The number of fused-ring (bicyclic) bond motifs is 1. The van der Waals surface area contributed by atoms with Crippen molar-refractivity contribution in [2.24, 2.45) is 0 Å². The lowest BCUT2D eigenvalue weighted by Gasteiger charge is -2.34. The van der Waals surface area contributed by atoms with Gasteiger partial charge in [-0.05, 0) is 47.2 Å². The van der Waals surface area contributed by atoms with Crippen molar-refractivity contribution in [2.75, 3.05) is 25.1 Å². The number of benzene rings is 2. The fourth-order valence-electron chi connectivity index (χ4n) is 3.29. The SMILES string of the molecule is O=CC1c2ccccc2NCN1CCOc1ccc(C=C2SC(=O)NC2=O)cc1. The van der Waals surface area contributed by atoms with E-state index in [4.69, 9.17) is 4.74 Å². The van der Waals surface area contributed by atoms with Crippen LogP contribution in [0, 0.1) is 0 Å². The predicted octanol–water partition coefficient (Wildman–Crippen LogP) is 3.01. The average molecular weight is 409 g/mol. The number of aldehydes is 1. The molecule has 1 saturated heterocycles. The van der Waals surface area contributed by atoms with Gasteiger partial charge < -0.3 is 14.8 Å². The van der Waals surface area contributed by atoms with Crippen LogP contribution in [0.1, 0.15) is 17.2 Å². The molecule has 7 nitrogen and oxygen atoms in total. The molecule has 0 saturated carbocycles. The Morgan fingerprint density at radius 1 is 1.14 bits per heavy atom. The van der Waals surface area contributed by atoms with Crippen LogP contribution in [0.3, 0.4) is 0 Å². The number of hydrogen-bond acceptors (Lipinski definition) is 7. The first kappa shape index (κ1) is 19.2. The molecule has 2 aromatic rings. The van der Waals surface area contributed by atoms with Gasteiger partial charge in [0.15, 0.2) is 0 Å². The molecule has 0 aromatic heterocycles. The van der Waals surface area contributed by atoms with Gasteiger partial charge >= 0.3 is 0 Å². The van der Waals surface area contributed by atoms with Gasteiger partial charge in [0.25, 0.3) is 11.1 Å². The van der Waals surface area contributed by atoms with Crippen LogP contribution < -0.4 is 15.4 Å². The molecule has 8 heteroatoms. The summed E-state index contributed by atoms with van der Waals surface area (Å²) in [5.41, 5.74) is 2.77. The zero-order chi connectivity index (χ0) is 20.2. The molecule has 148 valence electrons. The molecule has 2 aromatic carbocycles. The second-order valence-corrected chi connectivity index (χ2v) is 7.60. The number of imide groups is 1. The van der Waals surface area contributed by atoms with E-state index in [0.29, 0.717) is 30.5 Å². The Hall–Kier alpha value is -3.10. The van der Waals surface area contributed by atoms with E-state index in [0.717, 1.165) is 34.9 Å². The van der Waals surface area contributed by atoms with Gasteiger partial charge in [-0.3, -0.25) is 19.8 Å². The maximum atomic E-state index is 11.6. The summed E-state index contributed by atoms with van der Waals surface area (Å²) in [5, 5.41) is 5.19. The number of ether oxygens (including phenoxy) is 1. The third kappa shape index (κ3) is 4.33. The van der Waals surface area contributed by atoms with Crippen LogP contribution in [-0.4, -0.2) is 42.2 Å². The van der Waals surface area contributed by atoms with Gasteiger partial charge in [-0.25, -0.2) is 0 Å². The second-order valence-electron chi connectivity index (χ2n) is 6.59. The van der Waals surface area contributed by atoms with E-state index >= 15 is 0 Å². The van der Waals surface area contributed by atoms with E-state index in [1.54, 1.807) is 6.08 Å². The summed E-state index contributed by atoms with van der Waals surface area (Å²) in [6.07, 6.45) is 2.63.